The quantitative estimate of drug-likeness (QED) is 0.234. The van der Waals surface area contributed by atoms with E-state index >= 15 is 0 Å². The van der Waals surface area contributed by atoms with E-state index in [1.807, 2.05) is 35.7 Å². The summed E-state index contributed by atoms with van der Waals surface area (Å²) in [5, 5.41) is 10.3. The first-order valence-electron chi connectivity index (χ1n) is 10.7. The fourth-order valence-corrected chi connectivity index (χ4v) is 5.43. The van der Waals surface area contributed by atoms with Gasteiger partial charge in [0.05, 0.1) is 11.3 Å². The minimum atomic E-state index is -0.219. The van der Waals surface area contributed by atoms with Crippen LogP contribution in [0.3, 0.4) is 0 Å². The molecule has 0 fully saturated rings. The largest absolute Gasteiger partial charge is 0.356 e. The number of aromatic nitrogens is 3. The van der Waals surface area contributed by atoms with Crippen LogP contribution in [0.4, 0.5) is 5.13 Å². The predicted octanol–water partition coefficient (Wildman–Crippen LogP) is 3.78. The molecule has 0 bridgehead atoms. The molecule has 3 aromatic heterocycles. The molecule has 34 heavy (non-hydrogen) atoms. The van der Waals surface area contributed by atoms with Crippen molar-refractivity contribution in [1.82, 2.24) is 19.9 Å². The van der Waals surface area contributed by atoms with Gasteiger partial charge >= 0.3 is 0 Å². The van der Waals surface area contributed by atoms with Gasteiger partial charge in [-0.25, -0.2) is 9.97 Å². The minimum absolute atomic E-state index is 0.0498. The topological polar surface area (TPSA) is 106 Å². The molecule has 4 aromatic rings. The van der Waals surface area contributed by atoms with Gasteiger partial charge in [0.15, 0.2) is 10.3 Å². The third kappa shape index (κ3) is 6.52. The maximum atomic E-state index is 13.0. The van der Waals surface area contributed by atoms with Gasteiger partial charge in [-0.3, -0.25) is 19.0 Å². The summed E-state index contributed by atoms with van der Waals surface area (Å²) in [5.41, 5.74) is 1.64. The summed E-state index contributed by atoms with van der Waals surface area (Å²) in [5.74, 6) is -0.170. The number of carbonyl (C=O) groups excluding carboxylic acids is 2. The van der Waals surface area contributed by atoms with Crippen LogP contribution in [0.25, 0.3) is 10.2 Å². The van der Waals surface area contributed by atoms with E-state index in [4.69, 9.17) is 0 Å². The highest BCUT2D eigenvalue weighted by Gasteiger charge is 2.15. The molecular formula is C23H23N5O3S3. The van der Waals surface area contributed by atoms with Gasteiger partial charge in [0.25, 0.3) is 5.56 Å². The van der Waals surface area contributed by atoms with E-state index in [1.165, 1.54) is 40.0 Å². The molecule has 176 valence electrons. The lowest BCUT2D eigenvalue weighted by atomic mass is 10.1. The summed E-state index contributed by atoms with van der Waals surface area (Å²) in [4.78, 5) is 46.2. The number of fused-ring (bicyclic) bond motifs is 1. The van der Waals surface area contributed by atoms with Gasteiger partial charge in [-0.2, -0.15) is 0 Å². The molecule has 11 heteroatoms. The van der Waals surface area contributed by atoms with Crippen LogP contribution in [0, 0.1) is 0 Å². The molecule has 0 radical (unpaired) electrons. The monoisotopic (exact) mass is 513 g/mol. The molecule has 3 heterocycles. The number of nitrogens with zero attached hydrogens (tertiary/aromatic N) is 3. The first kappa shape index (κ1) is 24.1. The van der Waals surface area contributed by atoms with Crippen molar-refractivity contribution in [2.24, 2.45) is 0 Å². The third-order valence-corrected chi connectivity index (χ3v) is 7.46. The Morgan fingerprint density at radius 2 is 1.91 bits per heavy atom. The second kappa shape index (κ2) is 11.9. The van der Waals surface area contributed by atoms with Gasteiger partial charge in [0, 0.05) is 31.1 Å². The number of hydrogen-bond donors (Lipinski definition) is 2. The lowest BCUT2D eigenvalue weighted by Gasteiger charge is -2.12. The second-order valence-electron chi connectivity index (χ2n) is 7.35. The lowest BCUT2D eigenvalue weighted by Crippen LogP contribution is -2.27. The van der Waals surface area contributed by atoms with E-state index < -0.39 is 0 Å². The Morgan fingerprint density at radius 3 is 2.71 bits per heavy atom. The molecule has 4 rings (SSSR count). The lowest BCUT2D eigenvalue weighted by molar-refractivity contribution is -0.121. The molecule has 2 N–H and O–H groups in total. The van der Waals surface area contributed by atoms with Crippen LogP contribution in [-0.2, 0) is 22.6 Å². The summed E-state index contributed by atoms with van der Waals surface area (Å²) in [6.07, 6.45) is 3.19. The van der Waals surface area contributed by atoms with Gasteiger partial charge in [0.1, 0.15) is 4.70 Å². The van der Waals surface area contributed by atoms with Crippen molar-refractivity contribution in [3.8, 4) is 0 Å². The number of thiophene rings is 1. The Kier molecular flexibility index (Phi) is 8.45. The maximum absolute atomic E-state index is 13.0. The van der Waals surface area contributed by atoms with E-state index in [0.717, 1.165) is 6.42 Å². The van der Waals surface area contributed by atoms with Crippen LogP contribution in [0.5, 0.6) is 0 Å². The van der Waals surface area contributed by atoms with Crippen LogP contribution < -0.4 is 16.2 Å². The molecule has 0 spiro atoms. The van der Waals surface area contributed by atoms with Crippen LogP contribution in [-0.4, -0.2) is 38.6 Å². The molecule has 1 aromatic carbocycles. The average Bonchev–Trinajstić information content (AvgIpc) is 3.52. The first-order valence-corrected chi connectivity index (χ1v) is 13.5. The maximum Gasteiger partial charge on any atom is 0.272 e. The SMILES string of the molecule is O=C(CCCn1c(SCC(=O)Nc2nccs2)nc2ccsc2c1=O)NCCc1ccccc1. The highest BCUT2D eigenvalue weighted by atomic mass is 32.2. The number of amides is 2. The number of thiazole rings is 1. The second-order valence-corrected chi connectivity index (χ2v) is 10.1. The fraction of sp³-hybridized carbons (Fsp3) is 0.261. The Balaban J connectivity index is 1.33. The Hall–Kier alpha value is -3.02. The molecule has 0 aliphatic heterocycles. The number of nitrogens with one attached hydrogen (secondary N) is 2. The third-order valence-electron chi connectivity index (χ3n) is 4.91. The molecule has 0 saturated carbocycles. The molecule has 2 amide bonds. The highest BCUT2D eigenvalue weighted by Crippen LogP contribution is 2.22. The van der Waals surface area contributed by atoms with Gasteiger partial charge in [-0.05, 0) is 29.9 Å². The standard InChI is InChI=1S/C23H23N5O3S3/c29-18(24-10-8-16-5-2-1-3-6-16)7-4-12-28-21(31)20-17(9-13-32-20)26-23(28)34-15-19(30)27-22-25-11-14-33-22/h1-3,5-6,9,11,13-14H,4,7-8,10,12,15H2,(H,24,29)(H,25,27,30). The minimum Gasteiger partial charge on any atom is -0.356 e. The molecule has 8 nitrogen and oxygen atoms in total. The van der Waals surface area contributed by atoms with Crippen LogP contribution in [0.2, 0.25) is 0 Å². The number of hydrogen-bond acceptors (Lipinski definition) is 8. The van der Waals surface area contributed by atoms with E-state index in [9.17, 15) is 14.4 Å². The van der Waals surface area contributed by atoms with Crippen molar-refractivity contribution < 1.29 is 9.59 Å². The Bertz CT molecular complexity index is 1300. The van der Waals surface area contributed by atoms with Crippen LogP contribution >= 0.6 is 34.4 Å². The van der Waals surface area contributed by atoms with Crippen molar-refractivity contribution >= 4 is 61.6 Å². The van der Waals surface area contributed by atoms with Crippen LogP contribution in [0.1, 0.15) is 18.4 Å². The summed E-state index contributed by atoms with van der Waals surface area (Å²) in [7, 11) is 0. The van der Waals surface area contributed by atoms with Gasteiger partial charge < -0.3 is 10.6 Å². The van der Waals surface area contributed by atoms with Gasteiger partial charge in [-0.15, -0.1) is 22.7 Å². The van der Waals surface area contributed by atoms with Gasteiger partial charge in [0.2, 0.25) is 11.8 Å². The molecule has 0 aliphatic rings. The van der Waals surface area contributed by atoms with Gasteiger partial charge in [-0.1, -0.05) is 42.1 Å². The first-order chi connectivity index (χ1) is 16.6. The molecule has 0 atom stereocenters. The average molecular weight is 514 g/mol. The van der Waals surface area contributed by atoms with Crippen molar-refractivity contribution in [3.05, 3.63) is 69.3 Å². The van der Waals surface area contributed by atoms with E-state index in [0.29, 0.717) is 46.4 Å². The normalized spacial score (nSPS) is 10.9. The highest BCUT2D eigenvalue weighted by molar-refractivity contribution is 7.99. The van der Waals surface area contributed by atoms with Crippen molar-refractivity contribution in [1.29, 1.82) is 0 Å². The van der Waals surface area contributed by atoms with Crippen molar-refractivity contribution in [3.63, 3.8) is 0 Å². The summed E-state index contributed by atoms with van der Waals surface area (Å²) in [6.45, 7) is 0.920. The number of thioether (sulfide) groups is 1. The zero-order valence-corrected chi connectivity index (χ0v) is 20.7. The van der Waals surface area contributed by atoms with E-state index in [-0.39, 0.29) is 23.1 Å². The molecule has 0 saturated heterocycles. The fourth-order valence-electron chi connectivity index (χ4n) is 3.28. The number of anilines is 1. The number of carbonyl (C=O) groups is 2. The van der Waals surface area contributed by atoms with Crippen molar-refractivity contribution in [2.75, 3.05) is 17.6 Å². The zero-order chi connectivity index (χ0) is 23.8. The summed E-state index contributed by atoms with van der Waals surface area (Å²) >= 11 is 3.88. The molecule has 0 unspecified atom stereocenters. The Labute approximate surface area is 208 Å². The molecular weight excluding hydrogens is 490 g/mol. The summed E-state index contributed by atoms with van der Waals surface area (Å²) < 4.78 is 2.14. The van der Waals surface area contributed by atoms with E-state index in [2.05, 4.69) is 20.6 Å². The molecule has 0 aliphatic carbocycles. The Morgan fingerprint density at radius 1 is 1.06 bits per heavy atom. The van der Waals surface area contributed by atoms with E-state index in [1.54, 1.807) is 22.2 Å². The zero-order valence-electron chi connectivity index (χ0n) is 18.2. The number of rotatable bonds is 11. The smallest absolute Gasteiger partial charge is 0.272 e. The number of benzene rings is 1. The summed E-state index contributed by atoms with van der Waals surface area (Å²) in [6, 6.07) is 11.8. The van der Waals surface area contributed by atoms with Crippen molar-refractivity contribution in [2.45, 2.75) is 31.0 Å². The van der Waals surface area contributed by atoms with Crippen LogP contribution in [0.15, 0.2) is 63.3 Å². The predicted molar refractivity (Wildman–Crippen MR) is 138 cm³/mol.